The number of nitrogens with zero attached hydrogens (tertiary/aromatic N) is 5. The van der Waals surface area contributed by atoms with Crippen LogP contribution in [0.3, 0.4) is 0 Å². The fourth-order valence-electron chi connectivity index (χ4n) is 2.38. The van der Waals surface area contributed by atoms with Gasteiger partial charge in [0.2, 0.25) is 5.56 Å². The van der Waals surface area contributed by atoms with Crippen molar-refractivity contribution in [3.8, 4) is 17.1 Å². The Bertz CT molecular complexity index is 864. The molecule has 0 aliphatic rings. The number of aromatic nitrogens is 5. The first-order chi connectivity index (χ1) is 11.0. The lowest BCUT2D eigenvalue weighted by atomic mass is 10.1. The lowest BCUT2D eigenvalue weighted by molar-refractivity contribution is 0.618. The molecule has 3 heterocycles. The van der Waals surface area contributed by atoms with Crippen LogP contribution in [-0.2, 0) is 13.5 Å². The van der Waals surface area contributed by atoms with Gasteiger partial charge >= 0.3 is 0 Å². The van der Waals surface area contributed by atoms with Gasteiger partial charge in [-0.2, -0.15) is 5.10 Å². The minimum absolute atomic E-state index is 0.0522. The van der Waals surface area contributed by atoms with Gasteiger partial charge < -0.3 is 4.57 Å². The van der Waals surface area contributed by atoms with E-state index in [2.05, 4.69) is 28.9 Å². The summed E-state index contributed by atoms with van der Waals surface area (Å²) in [6.07, 6.45) is 6.05. The Morgan fingerprint density at radius 2 is 2.04 bits per heavy atom. The van der Waals surface area contributed by atoms with Crippen LogP contribution < -0.4 is 5.56 Å². The van der Waals surface area contributed by atoms with Crippen LogP contribution in [0, 0.1) is 5.92 Å². The van der Waals surface area contributed by atoms with Crippen LogP contribution in [0.5, 0.6) is 0 Å². The predicted octanol–water partition coefficient (Wildman–Crippen LogP) is 2.23. The van der Waals surface area contributed by atoms with Crippen LogP contribution in [0.4, 0.5) is 0 Å². The standard InChI is InChI=1S/C17H19N5O/c1-12(2)9-15-19-17(13-6-7-16(23)21(3)11-13)22(20-15)14-5-4-8-18-10-14/h4-8,10-12H,9H2,1-3H3. The average Bonchev–Trinajstić information content (AvgIpc) is 2.94. The van der Waals surface area contributed by atoms with Crippen molar-refractivity contribution < 1.29 is 0 Å². The van der Waals surface area contributed by atoms with Gasteiger partial charge in [-0.3, -0.25) is 9.78 Å². The summed E-state index contributed by atoms with van der Waals surface area (Å²) in [6.45, 7) is 4.27. The third-order valence-electron chi connectivity index (χ3n) is 3.48. The van der Waals surface area contributed by atoms with Crippen LogP contribution >= 0.6 is 0 Å². The van der Waals surface area contributed by atoms with Gasteiger partial charge in [0.25, 0.3) is 0 Å². The lowest BCUT2D eigenvalue weighted by Crippen LogP contribution is -2.14. The first-order valence-electron chi connectivity index (χ1n) is 7.58. The molecule has 6 nitrogen and oxygen atoms in total. The van der Waals surface area contributed by atoms with Crippen molar-refractivity contribution in [2.75, 3.05) is 0 Å². The van der Waals surface area contributed by atoms with Crippen molar-refractivity contribution >= 4 is 0 Å². The molecule has 3 aromatic heterocycles. The molecule has 3 rings (SSSR count). The molecular weight excluding hydrogens is 290 g/mol. The molecule has 0 saturated carbocycles. The van der Waals surface area contributed by atoms with Crippen LogP contribution in [0.1, 0.15) is 19.7 Å². The zero-order chi connectivity index (χ0) is 16.4. The summed E-state index contributed by atoms with van der Waals surface area (Å²) in [4.78, 5) is 20.4. The second-order valence-corrected chi connectivity index (χ2v) is 5.94. The van der Waals surface area contributed by atoms with Crippen LogP contribution in [0.15, 0.2) is 47.7 Å². The van der Waals surface area contributed by atoms with Gasteiger partial charge in [-0.05, 0) is 24.1 Å². The van der Waals surface area contributed by atoms with Crippen molar-refractivity contribution in [1.29, 1.82) is 0 Å². The summed E-state index contributed by atoms with van der Waals surface area (Å²) in [6, 6.07) is 7.12. The molecule has 0 atom stereocenters. The zero-order valence-corrected chi connectivity index (χ0v) is 13.5. The maximum Gasteiger partial charge on any atom is 0.250 e. The maximum absolute atomic E-state index is 11.6. The number of rotatable bonds is 4. The monoisotopic (exact) mass is 309 g/mol. The molecule has 0 amide bonds. The molecule has 0 spiro atoms. The first kappa shape index (κ1) is 15.1. The fourth-order valence-corrected chi connectivity index (χ4v) is 2.38. The Labute approximate surface area is 134 Å². The fraction of sp³-hybridized carbons (Fsp3) is 0.294. The highest BCUT2D eigenvalue weighted by Gasteiger charge is 2.15. The summed E-state index contributed by atoms with van der Waals surface area (Å²) in [7, 11) is 1.73. The molecule has 0 radical (unpaired) electrons. The smallest absolute Gasteiger partial charge is 0.250 e. The van der Waals surface area contributed by atoms with E-state index >= 15 is 0 Å². The number of hydrogen-bond donors (Lipinski definition) is 0. The zero-order valence-electron chi connectivity index (χ0n) is 13.5. The Balaban J connectivity index is 2.15. The van der Waals surface area contributed by atoms with Crippen molar-refractivity contribution in [3.63, 3.8) is 0 Å². The summed E-state index contributed by atoms with van der Waals surface area (Å²) in [5.74, 6) is 1.96. The van der Waals surface area contributed by atoms with Crippen LogP contribution in [0.25, 0.3) is 17.1 Å². The summed E-state index contributed by atoms with van der Waals surface area (Å²) >= 11 is 0. The molecule has 6 heteroatoms. The minimum Gasteiger partial charge on any atom is -0.318 e. The van der Waals surface area contributed by atoms with E-state index in [1.807, 2.05) is 12.1 Å². The molecule has 0 N–H and O–H groups in total. The Morgan fingerprint density at radius 3 is 2.70 bits per heavy atom. The van der Waals surface area contributed by atoms with E-state index in [1.165, 1.54) is 0 Å². The minimum atomic E-state index is -0.0522. The molecule has 0 unspecified atom stereocenters. The number of pyridine rings is 2. The second-order valence-electron chi connectivity index (χ2n) is 5.94. The van der Waals surface area contributed by atoms with Gasteiger partial charge in [0.15, 0.2) is 11.6 Å². The SMILES string of the molecule is CC(C)Cc1nc(-c2ccc(=O)n(C)c2)n(-c2cccnc2)n1. The molecule has 0 saturated heterocycles. The molecule has 0 aromatic carbocycles. The highest BCUT2D eigenvalue weighted by Crippen LogP contribution is 2.20. The molecule has 23 heavy (non-hydrogen) atoms. The van der Waals surface area contributed by atoms with E-state index in [0.29, 0.717) is 11.7 Å². The maximum atomic E-state index is 11.6. The van der Waals surface area contributed by atoms with E-state index in [0.717, 1.165) is 23.5 Å². The number of hydrogen-bond acceptors (Lipinski definition) is 4. The van der Waals surface area contributed by atoms with Gasteiger partial charge in [0.05, 0.1) is 11.9 Å². The molecule has 0 bridgehead atoms. The third kappa shape index (κ3) is 3.21. The highest BCUT2D eigenvalue weighted by molar-refractivity contribution is 5.56. The molecule has 0 fully saturated rings. The second kappa shape index (κ2) is 6.16. The van der Waals surface area contributed by atoms with Gasteiger partial charge in [0, 0.05) is 37.5 Å². The highest BCUT2D eigenvalue weighted by atomic mass is 16.1. The number of aryl methyl sites for hydroxylation is 1. The first-order valence-corrected chi connectivity index (χ1v) is 7.58. The van der Waals surface area contributed by atoms with E-state index in [-0.39, 0.29) is 5.56 Å². The van der Waals surface area contributed by atoms with Crippen LogP contribution in [-0.4, -0.2) is 24.3 Å². The Hall–Kier alpha value is -2.76. The molecule has 0 aliphatic heterocycles. The summed E-state index contributed by atoms with van der Waals surface area (Å²) < 4.78 is 3.32. The molecule has 0 aliphatic carbocycles. The van der Waals surface area contributed by atoms with E-state index in [4.69, 9.17) is 0 Å². The summed E-state index contributed by atoms with van der Waals surface area (Å²) in [5.41, 5.74) is 1.64. The normalized spacial score (nSPS) is 11.1. The van der Waals surface area contributed by atoms with E-state index in [1.54, 1.807) is 47.0 Å². The van der Waals surface area contributed by atoms with Crippen molar-refractivity contribution in [2.24, 2.45) is 13.0 Å². The Morgan fingerprint density at radius 1 is 1.22 bits per heavy atom. The van der Waals surface area contributed by atoms with Gasteiger partial charge in [-0.1, -0.05) is 13.8 Å². The van der Waals surface area contributed by atoms with Crippen molar-refractivity contribution in [3.05, 3.63) is 59.0 Å². The summed E-state index contributed by atoms with van der Waals surface area (Å²) in [5, 5.41) is 4.63. The predicted molar refractivity (Wildman–Crippen MR) is 88.4 cm³/mol. The lowest BCUT2D eigenvalue weighted by Gasteiger charge is -2.06. The van der Waals surface area contributed by atoms with Gasteiger partial charge in [-0.15, -0.1) is 0 Å². The topological polar surface area (TPSA) is 65.6 Å². The molecule has 118 valence electrons. The largest absolute Gasteiger partial charge is 0.318 e. The van der Waals surface area contributed by atoms with Gasteiger partial charge in [-0.25, -0.2) is 9.67 Å². The van der Waals surface area contributed by atoms with Crippen molar-refractivity contribution in [1.82, 2.24) is 24.3 Å². The average molecular weight is 309 g/mol. The van der Waals surface area contributed by atoms with E-state index < -0.39 is 0 Å². The molecular formula is C17H19N5O. The molecule has 3 aromatic rings. The third-order valence-corrected chi connectivity index (χ3v) is 3.48. The quantitative estimate of drug-likeness (QED) is 0.741. The van der Waals surface area contributed by atoms with Gasteiger partial charge in [0.1, 0.15) is 0 Å². The Kier molecular flexibility index (Phi) is 4.06. The van der Waals surface area contributed by atoms with E-state index in [9.17, 15) is 4.79 Å². The van der Waals surface area contributed by atoms with Crippen molar-refractivity contribution in [2.45, 2.75) is 20.3 Å². The van der Waals surface area contributed by atoms with Crippen LogP contribution in [0.2, 0.25) is 0 Å².